The maximum atomic E-state index is 13.0. The fourth-order valence-electron chi connectivity index (χ4n) is 2.87. The van der Waals surface area contributed by atoms with Crippen molar-refractivity contribution in [2.75, 3.05) is 6.54 Å². The number of amides is 1. The van der Waals surface area contributed by atoms with E-state index in [0.717, 1.165) is 16.7 Å². The minimum Gasteiger partial charge on any atom is -0.480 e. The maximum Gasteiger partial charge on any atom is 0.411 e. The molecule has 0 unspecified atom stereocenters. The summed E-state index contributed by atoms with van der Waals surface area (Å²) < 4.78 is 18.2. The van der Waals surface area contributed by atoms with Crippen LogP contribution in [-0.2, 0) is 16.1 Å². The van der Waals surface area contributed by atoms with E-state index >= 15 is 0 Å². The molecule has 134 valence electrons. The molecule has 1 fully saturated rings. The third-order valence-electron chi connectivity index (χ3n) is 4.17. The number of likely N-dealkylation sites (tertiary alicyclic amines) is 1. The molecule has 1 atom stereocenters. The molecule has 1 aliphatic heterocycles. The normalized spacial score (nSPS) is 18.1. The summed E-state index contributed by atoms with van der Waals surface area (Å²) in [6.07, 6.45) is 1.33. The quantitative estimate of drug-likeness (QED) is 0.908. The van der Waals surface area contributed by atoms with E-state index in [9.17, 15) is 19.1 Å². The molecule has 1 N–H and O–H groups in total. The predicted octanol–water partition coefficient (Wildman–Crippen LogP) is 3.70. The Balaban J connectivity index is 1.69. The minimum atomic E-state index is -1.08. The van der Waals surface area contributed by atoms with Gasteiger partial charge in [0.15, 0.2) is 0 Å². The van der Waals surface area contributed by atoms with Gasteiger partial charge in [-0.1, -0.05) is 48.5 Å². The summed E-state index contributed by atoms with van der Waals surface area (Å²) in [4.78, 5) is 25.1. The van der Waals surface area contributed by atoms with Crippen molar-refractivity contribution in [1.82, 2.24) is 4.90 Å². The second-order valence-electron chi connectivity index (χ2n) is 6.08. The van der Waals surface area contributed by atoms with Gasteiger partial charge in [0.25, 0.3) is 0 Å². The molecule has 3 rings (SSSR count). The molecule has 2 aromatic rings. The largest absolute Gasteiger partial charge is 0.480 e. The molecule has 5 nitrogen and oxygen atoms in total. The number of aliphatic carboxylic acids is 1. The van der Waals surface area contributed by atoms with Crippen LogP contribution in [0.4, 0.5) is 9.18 Å². The van der Waals surface area contributed by atoms with Crippen molar-refractivity contribution in [2.45, 2.75) is 19.1 Å². The first-order valence-corrected chi connectivity index (χ1v) is 8.18. The van der Waals surface area contributed by atoms with Crippen molar-refractivity contribution in [2.24, 2.45) is 0 Å². The van der Waals surface area contributed by atoms with E-state index in [0.29, 0.717) is 0 Å². The van der Waals surface area contributed by atoms with Crippen LogP contribution in [0.5, 0.6) is 0 Å². The lowest BCUT2D eigenvalue weighted by Crippen LogP contribution is -2.40. The van der Waals surface area contributed by atoms with Gasteiger partial charge in [0.2, 0.25) is 0 Å². The Hall–Kier alpha value is -3.15. The SMILES string of the molecule is O=C(O)[C@@H]1C/C(=C/c2ccc(F)cc2)CN1C(=O)OCc1ccccc1. The topological polar surface area (TPSA) is 66.8 Å². The van der Waals surface area contributed by atoms with Gasteiger partial charge in [-0.2, -0.15) is 0 Å². The average molecular weight is 355 g/mol. The Kier molecular flexibility index (Phi) is 5.31. The number of rotatable bonds is 4. The van der Waals surface area contributed by atoms with Gasteiger partial charge in [-0.15, -0.1) is 0 Å². The first kappa shape index (κ1) is 17.7. The van der Waals surface area contributed by atoms with Gasteiger partial charge in [-0.05, 0) is 28.8 Å². The highest BCUT2D eigenvalue weighted by Crippen LogP contribution is 2.26. The summed E-state index contributed by atoms with van der Waals surface area (Å²) >= 11 is 0. The molecule has 1 heterocycles. The van der Waals surface area contributed by atoms with Crippen LogP contribution in [0.1, 0.15) is 17.5 Å². The van der Waals surface area contributed by atoms with Gasteiger partial charge in [-0.25, -0.2) is 14.0 Å². The first-order chi connectivity index (χ1) is 12.5. The van der Waals surface area contributed by atoms with E-state index in [4.69, 9.17) is 4.74 Å². The Morgan fingerprint density at radius 2 is 1.85 bits per heavy atom. The Morgan fingerprint density at radius 1 is 1.15 bits per heavy atom. The highest BCUT2D eigenvalue weighted by atomic mass is 19.1. The zero-order valence-corrected chi connectivity index (χ0v) is 14.0. The highest BCUT2D eigenvalue weighted by Gasteiger charge is 2.37. The Labute approximate surface area is 150 Å². The third-order valence-corrected chi connectivity index (χ3v) is 4.17. The first-order valence-electron chi connectivity index (χ1n) is 8.18. The van der Waals surface area contributed by atoms with Crippen molar-refractivity contribution >= 4 is 18.1 Å². The van der Waals surface area contributed by atoms with E-state index in [1.807, 2.05) is 30.3 Å². The zero-order chi connectivity index (χ0) is 18.5. The van der Waals surface area contributed by atoms with Crippen LogP contribution in [0.15, 0.2) is 60.2 Å². The lowest BCUT2D eigenvalue weighted by Gasteiger charge is -2.20. The number of carbonyl (C=O) groups excluding carboxylic acids is 1. The number of carbonyl (C=O) groups is 2. The van der Waals surface area contributed by atoms with Crippen LogP contribution in [0.25, 0.3) is 6.08 Å². The molecule has 1 saturated heterocycles. The van der Waals surface area contributed by atoms with E-state index < -0.39 is 18.1 Å². The van der Waals surface area contributed by atoms with Gasteiger partial charge in [0, 0.05) is 13.0 Å². The standard InChI is InChI=1S/C20H18FNO4/c21-17-8-6-14(7-9-17)10-16-11-18(19(23)24)22(12-16)20(25)26-13-15-4-2-1-3-5-15/h1-10,18H,11-13H2,(H,23,24)/b16-10-/t18-/m0/s1. The summed E-state index contributed by atoms with van der Waals surface area (Å²) in [5.41, 5.74) is 2.36. The molecule has 6 heteroatoms. The highest BCUT2D eigenvalue weighted by molar-refractivity contribution is 5.82. The summed E-state index contributed by atoms with van der Waals surface area (Å²) in [6, 6.07) is 14.1. The molecular formula is C20H18FNO4. The predicted molar refractivity (Wildman–Crippen MR) is 93.8 cm³/mol. The van der Waals surface area contributed by atoms with Gasteiger partial charge in [-0.3, -0.25) is 4.90 Å². The van der Waals surface area contributed by atoms with E-state index in [1.165, 1.54) is 17.0 Å². The molecule has 0 saturated carbocycles. The summed E-state index contributed by atoms with van der Waals surface area (Å²) in [6.45, 7) is 0.251. The molecule has 26 heavy (non-hydrogen) atoms. The molecule has 0 aliphatic carbocycles. The van der Waals surface area contributed by atoms with Crippen LogP contribution in [0, 0.1) is 5.82 Å². The fraction of sp³-hybridized carbons (Fsp3) is 0.200. The van der Waals surface area contributed by atoms with Crippen LogP contribution in [0.3, 0.4) is 0 Å². The number of nitrogens with zero attached hydrogens (tertiary/aromatic N) is 1. The van der Waals surface area contributed by atoms with E-state index in [-0.39, 0.29) is 25.4 Å². The van der Waals surface area contributed by atoms with Crippen molar-refractivity contribution < 1.29 is 23.8 Å². The fourth-order valence-corrected chi connectivity index (χ4v) is 2.87. The Morgan fingerprint density at radius 3 is 2.50 bits per heavy atom. The van der Waals surface area contributed by atoms with Crippen molar-refractivity contribution in [3.05, 3.63) is 77.1 Å². The molecule has 0 spiro atoms. The molecule has 1 aliphatic rings. The maximum absolute atomic E-state index is 13.0. The monoisotopic (exact) mass is 355 g/mol. The zero-order valence-electron chi connectivity index (χ0n) is 14.0. The van der Waals surface area contributed by atoms with Gasteiger partial charge in [0.05, 0.1) is 0 Å². The number of carboxylic acid groups (broad SMARTS) is 1. The number of carboxylic acids is 1. The smallest absolute Gasteiger partial charge is 0.411 e. The van der Waals surface area contributed by atoms with Crippen LogP contribution in [-0.4, -0.2) is 34.7 Å². The van der Waals surface area contributed by atoms with E-state index in [2.05, 4.69) is 0 Å². The van der Waals surface area contributed by atoms with Crippen molar-refractivity contribution in [3.63, 3.8) is 0 Å². The molecule has 0 radical (unpaired) electrons. The summed E-state index contributed by atoms with van der Waals surface area (Å²) in [5, 5.41) is 9.41. The number of hydrogen-bond donors (Lipinski definition) is 1. The van der Waals surface area contributed by atoms with Crippen LogP contribution in [0.2, 0.25) is 0 Å². The van der Waals surface area contributed by atoms with Crippen LogP contribution >= 0.6 is 0 Å². The van der Waals surface area contributed by atoms with Gasteiger partial charge >= 0.3 is 12.1 Å². The number of hydrogen-bond acceptors (Lipinski definition) is 3. The van der Waals surface area contributed by atoms with Crippen molar-refractivity contribution in [3.8, 4) is 0 Å². The third kappa shape index (κ3) is 4.27. The number of ether oxygens (including phenoxy) is 1. The second kappa shape index (κ2) is 7.82. The molecule has 2 aromatic carbocycles. The number of halogens is 1. The summed E-state index contributed by atoms with van der Waals surface area (Å²) in [5.74, 6) is -1.42. The lowest BCUT2D eigenvalue weighted by atomic mass is 10.1. The Bertz CT molecular complexity index is 817. The minimum absolute atomic E-state index is 0.0829. The van der Waals surface area contributed by atoms with Gasteiger partial charge in [0.1, 0.15) is 18.5 Å². The van der Waals surface area contributed by atoms with Gasteiger partial charge < -0.3 is 9.84 Å². The second-order valence-corrected chi connectivity index (χ2v) is 6.08. The van der Waals surface area contributed by atoms with Crippen molar-refractivity contribution in [1.29, 1.82) is 0 Å². The molecule has 1 amide bonds. The van der Waals surface area contributed by atoms with Crippen LogP contribution < -0.4 is 0 Å². The van der Waals surface area contributed by atoms with E-state index in [1.54, 1.807) is 18.2 Å². The lowest BCUT2D eigenvalue weighted by molar-refractivity contribution is -0.141. The summed E-state index contributed by atoms with van der Waals surface area (Å²) in [7, 11) is 0. The molecule has 0 aromatic heterocycles. The average Bonchev–Trinajstić information content (AvgIpc) is 3.07. The number of benzene rings is 2. The molecule has 0 bridgehead atoms. The molecular weight excluding hydrogens is 337 g/mol.